The molecule has 4 aromatic heterocycles. The Morgan fingerprint density at radius 3 is 1.48 bits per heavy atom. The molecule has 0 amide bonds. The van der Waals surface area contributed by atoms with Gasteiger partial charge in [0.05, 0.1) is 22.4 Å². The zero-order valence-corrected chi connectivity index (χ0v) is 28.1. The molecule has 4 heterocycles. The van der Waals surface area contributed by atoms with Gasteiger partial charge in [-0.2, -0.15) is 0 Å². The number of aromatic nitrogens is 6. The zero-order valence-electron chi connectivity index (χ0n) is 26.6. The number of hydrogen-bond acceptors (Lipinski definition) is 10. The maximum absolute atomic E-state index is 11.7. The lowest BCUT2D eigenvalue weighted by atomic mass is 10.1. The third-order valence-corrected chi connectivity index (χ3v) is 8.55. The quantitative estimate of drug-likeness (QED) is 0.0801. The minimum absolute atomic E-state index is 0.195. The van der Waals surface area contributed by atoms with E-state index >= 15 is 0 Å². The predicted octanol–water partition coefficient (Wildman–Crippen LogP) is 7.20. The molecule has 48 heavy (non-hydrogen) atoms. The lowest BCUT2D eigenvalue weighted by Crippen LogP contribution is -2.00. The highest BCUT2D eigenvalue weighted by Gasteiger charge is 2.12. The van der Waals surface area contributed by atoms with Crippen LogP contribution in [0.1, 0.15) is 61.0 Å². The fourth-order valence-electron chi connectivity index (χ4n) is 5.45. The second-order valence-corrected chi connectivity index (χ2v) is 12.5. The van der Waals surface area contributed by atoms with Crippen LogP contribution in [-0.2, 0) is 26.3 Å². The summed E-state index contributed by atoms with van der Waals surface area (Å²) < 4.78 is 25.9. The second kappa shape index (κ2) is 15.0. The topological polar surface area (TPSA) is 140 Å². The molecule has 2 aromatic carbocycles. The van der Waals surface area contributed by atoms with Crippen LogP contribution >= 0.6 is 23.2 Å². The van der Waals surface area contributed by atoms with Crippen LogP contribution in [0.2, 0.25) is 10.0 Å². The average molecular weight is 694 g/mol. The Labute approximate surface area is 285 Å². The lowest BCUT2D eigenvalue weighted by Gasteiger charge is -2.08. The van der Waals surface area contributed by atoms with Crippen molar-refractivity contribution in [3.8, 4) is 11.5 Å². The number of ether oxygens (including phenoxy) is 2. The molecule has 0 atom stereocenters. The SMILES string of the molecule is Cc1cc(=O)oc2cc(OCc3cn(CCCCCCCCn4cc(COc5cc6oc(=O)cc(C)c6cc5Cl)nn4)nn3)c(Cl)cc12. The molecule has 0 saturated heterocycles. The van der Waals surface area contributed by atoms with E-state index in [0.29, 0.717) is 44.1 Å². The molecule has 0 aliphatic heterocycles. The van der Waals surface area contributed by atoms with E-state index in [-0.39, 0.29) is 13.2 Å². The van der Waals surface area contributed by atoms with Gasteiger partial charge < -0.3 is 18.3 Å². The molecule has 250 valence electrons. The Morgan fingerprint density at radius 2 is 1.04 bits per heavy atom. The summed E-state index contributed by atoms with van der Waals surface area (Å²) in [5.41, 5.74) is 2.97. The molecule has 6 aromatic rings. The summed E-state index contributed by atoms with van der Waals surface area (Å²) in [5.74, 6) is 0.836. The van der Waals surface area contributed by atoms with E-state index in [1.807, 2.05) is 35.6 Å². The van der Waals surface area contributed by atoms with Crippen LogP contribution in [0.25, 0.3) is 21.9 Å². The number of fused-ring (bicyclic) bond motifs is 2. The highest BCUT2D eigenvalue weighted by Crippen LogP contribution is 2.32. The number of hydrogen-bond donors (Lipinski definition) is 0. The number of benzene rings is 2. The predicted molar refractivity (Wildman–Crippen MR) is 181 cm³/mol. The third kappa shape index (κ3) is 8.23. The summed E-state index contributed by atoms with van der Waals surface area (Å²) in [4.78, 5) is 23.5. The van der Waals surface area contributed by atoms with Crippen LogP contribution in [0.4, 0.5) is 0 Å². The van der Waals surface area contributed by atoms with Gasteiger partial charge in [-0.05, 0) is 49.9 Å². The van der Waals surface area contributed by atoms with Crippen molar-refractivity contribution < 1.29 is 18.3 Å². The summed E-state index contributed by atoms with van der Waals surface area (Å²) >= 11 is 12.8. The van der Waals surface area contributed by atoms with Gasteiger partial charge in [-0.15, -0.1) is 10.2 Å². The Kier molecular flexibility index (Phi) is 10.4. The van der Waals surface area contributed by atoms with Crippen LogP contribution in [0.15, 0.2) is 67.2 Å². The normalized spacial score (nSPS) is 11.5. The number of halogens is 2. The first-order valence-corrected chi connectivity index (χ1v) is 16.5. The lowest BCUT2D eigenvalue weighted by molar-refractivity contribution is 0.301. The van der Waals surface area contributed by atoms with Gasteiger partial charge in [0, 0.05) is 48.1 Å². The summed E-state index contributed by atoms with van der Waals surface area (Å²) in [6.07, 6.45) is 10.2. The van der Waals surface area contributed by atoms with Crippen LogP contribution in [0.3, 0.4) is 0 Å². The van der Waals surface area contributed by atoms with Crippen molar-refractivity contribution in [3.05, 3.63) is 102 Å². The smallest absolute Gasteiger partial charge is 0.336 e. The Morgan fingerprint density at radius 1 is 0.625 bits per heavy atom. The fourth-order valence-corrected chi connectivity index (χ4v) is 5.88. The molecule has 0 spiro atoms. The molecule has 0 aliphatic carbocycles. The monoisotopic (exact) mass is 692 g/mol. The largest absolute Gasteiger partial charge is 0.485 e. The van der Waals surface area contributed by atoms with Gasteiger partial charge in [-0.25, -0.2) is 9.59 Å². The van der Waals surface area contributed by atoms with E-state index in [4.69, 9.17) is 41.5 Å². The fraction of sp³-hybridized carbons (Fsp3) is 0.353. The van der Waals surface area contributed by atoms with Gasteiger partial charge in [0.15, 0.2) is 0 Å². The summed E-state index contributed by atoms with van der Waals surface area (Å²) in [7, 11) is 0. The minimum Gasteiger partial charge on any atom is -0.485 e. The standard InChI is InChI=1S/C34H34Cl2N6O6/c1-21-11-33(43)47-29-15-31(27(35)13-25(21)29)45-19-23-17-41(39-37-23)9-7-5-3-4-6-8-10-42-18-24(38-40-42)20-46-32-16-30-26(14-28(32)36)22(2)12-34(44)48-30/h11-18H,3-10,19-20H2,1-2H3. The van der Waals surface area contributed by atoms with Crippen LogP contribution in [0, 0.1) is 13.8 Å². The number of aryl methyl sites for hydroxylation is 4. The average Bonchev–Trinajstić information content (AvgIpc) is 3.70. The van der Waals surface area contributed by atoms with Crippen molar-refractivity contribution in [1.82, 2.24) is 30.0 Å². The van der Waals surface area contributed by atoms with E-state index in [1.165, 1.54) is 12.1 Å². The minimum atomic E-state index is -0.417. The van der Waals surface area contributed by atoms with Crippen molar-refractivity contribution in [2.75, 3.05) is 0 Å². The highest BCUT2D eigenvalue weighted by atomic mass is 35.5. The molecule has 0 unspecified atom stereocenters. The molecule has 0 radical (unpaired) electrons. The molecule has 12 nitrogen and oxygen atoms in total. The van der Waals surface area contributed by atoms with E-state index in [0.717, 1.165) is 73.5 Å². The first-order chi connectivity index (χ1) is 23.2. The summed E-state index contributed by atoms with van der Waals surface area (Å²) in [6, 6.07) is 9.60. The molecular weight excluding hydrogens is 659 g/mol. The molecular formula is C34H34Cl2N6O6. The third-order valence-electron chi connectivity index (χ3n) is 7.96. The van der Waals surface area contributed by atoms with Gasteiger partial charge in [0.25, 0.3) is 0 Å². The van der Waals surface area contributed by atoms with Gasteiger partial charge in [0.1, 0.15) is 47.3 Å². The summed E-state index contributed by atoms with van der Waals surface area (Å²) in [6.45, 7) is 5.61. The number of unbranched alkanes of at least 4 members (excludes halogenated alkanes) is 5. The van der Waals surface area contributed by atoms with E-state index in [9.17, 15) is 9.59 Å². The Hall–Kier alpha value is -4.68. The second-order valence-electron chi connectivity index (χ2n) is 11.7. The maximum atomic E-state index is 11.7. The molecule has 0 saturated carbocycles. The van der Waals surface area contributed by atoms with Gasteiger partial charge in [-0.1, -0.05) is 59.3 Å². The Bertz CT molecular complexity index is 2020. The van der Waals surface area contributed by atoms with Crippen molar-refractivity contribution in [2.45, 2.75) is 78.7 Å². The van der Waals surface area contributed by atoms with Crippen molar-refractivity contribution >= 4 is 45.1 Å². The van der Waals surface area contributed by atoms with E-state index < -0.39 is 11.3 Å². The first kappa shape index (κ1) is 33.2. The highest BCUT2D eigenvalue weighted by molar-refractivity contribution is 6.33. The molecule has 0 bridgehead atoms. The van der Waals surface area contributed by atoms with Crippen molar-refractivity contribution in [3.63, 3.8) is 0 Å². The number of nitrogens with zero attached hydrogens (tertiary/aromatic N) is 6. The molecule has 14 heteroatoms. The molecule has 0 fully saturated rings. The van der Waals surface area contributed by atoms with E-state index in [1.54, 1.807) is 24.3 Å². The van der Waals surface area contributed by atoms with Crippen LogP contribution in [0.5, 0.6) is 11.5 Å². The van der Waals surface area contributed by atoms with Crippen LogP contribution < -0.4 is 20.7 Å². The van der Waals surface area contributed by atoms with Crippen LogP contribution in [-0.4, -0.2) is 30.0 Å². The van der Waals surface area contributed by atoms with E-state index in [2.05, 4.69) is 20.6 Å². The zero-order chi connectivity index (χ0) is 33.6. The van der Waals surface area contributed by atoms with Gasteiger partial charge in [0.2, 0.25) is 0 Å². The molecule has 0 aliphatic rings. The first-order valence-electron chi connectivity index (χ1n) is 15.7. The summed E-state index contributed by atoms with van der Waals surface area (Å²) in [5, 5.41) is 19.2. The van der Waals surface area contributed by atoms with Crippen molar-refractivity contribution in [1.29, 1.82) is 0 Å². The Balaban J connectivity index is 0.859. The maximum Gasteiger partial charge on any atom is 0.336 e. The van der Waals surface area contributed by atoms with Gasteiger partial charge in [-0.3, -0.25) is 9.36 Å². The molecule has 0 N–H and O–H groups in total. The molecule has 6 rings (SSSR count). The van der Waals surface area contributed by atoms with Crippen molar-refractivity contribution in [2.24, 2.45) is 0 Å². The number of rotatable bonds is 15. The van der Waals surface area contributed by atoms with Gasteiger partial charge >= 0.3 is 11.3 Å².